The Hall–Kier alpha value is -3.07. The highest BCUT2D eigenvalue weighted by atomic mass is 35.5. The third-order valence-electron chi connectivity index (χ3n) is 6.02. The van der Waals surface area contributed by atoms with E-state index >= 15 is 0 Å². The molecule has 3 rings (SSSR count). The van der Waals surface area contributed by atoms with Crippen molar-refractivity contribution >= 4 is 50.7 Å². The van der Waals surface area contributed by atoms with E-state index in [4.69, 9.17) is 23.2 Å². The van der Waals surface area contributed by atoms with Crippen molar-refractivity contribution < 1.29 is 18.0 Å². The lowest BCUT2D eigenvalue weighted by atomic mass is 10.1. The Morgan fingerprint density at radius 2 is 1.53 bits per heavy atom. The SMILES string of the molecule is CCCNC(=O)[C@@H](C)N(Cc1ccccc1Cl)C(=O)CN(c1ccccc1Cl)S(=O)(=O)c1ccc(C)cc1. The highest BCUT2D eigenvalue weighted by Gasteiger charge is 2.33. The zero-order chi connectivity index (χ0) is 27.9. The van der Waals surface area contributed by atoms with E-state index in [0.29, 0.717) is 17.1 Å². The minimum absolute atomic E-state index is 0.0140. The van der Waals surface area contributed by atoms with Crippen LogP contribution in [0.4, 0.5) is 5.69 Å². The number of nitrogens with zero attached hydrogens (tertiary/aromatic N) is 2. The number of hydrogen-bond acceptors (Lipinski definition) is 4. The minimum atomic E-state index is -4.19. The fourth-order valence-corrected chi connectivity index (χ4v) is 5.71. The van der Waals surface area contributed by atoms with Gasteiger partial charge in [0, 0.05) is 18.1 Å². The zero-order valence-electron chi connectivity index (χ0n) is 21.5. The van der Waals surface area contributed by atoms with E-state index in [1.165, 1.54) is 23.1 Å². The van der Waals surface area contributed by atoms with E-state index in [1.54, 1.807) is 61.5 Å². The molecular weight excluding hydrogens is 545 g/mol. The Balaban J connectivity index is 2.04. The van der Waals surface area contributed by atoms with Crippen LogP contribution in [0.3, 0.4) is 0 Å². The first kappa shape index (κ1) is 29.5. The first-order chi connectivity index (χ1) is 18.1. The number of para-hydroxylation sites is 1. The summed E-state index contributed by atoms with van der Waals surface area (Å²) in [5, 5.41) is 3.41. The Kier molecular flexibility index (Phi) is 10.2. The topological polar surface area (TPSA) is 86.8 Å². The molecule has 2 amide bonds. The van der Waals surface area contributed by atoms with Gasteiger partial charge in [0.05, 0.1) is 15.6 Å². The number of carbonyl (C=O) groups excluding carboxylic acids is 2. The summed E-state index contributed by atoms with van der Waals surface area (Å²) in [6.07, 6.45) is 0.728. The Labute approximate surface area is 234 Å². The second-order valence-corrected chi connectivity index (χ2v) is 11.5. The third-order valence-corrected chi connectivity index (χ3v) is 8.49. The van der Waals surface area contributed by atoms with Crippen molar-refractivity contribution in [2.45, 2.75) is 44.7 Å². The van der Waals surface area contributed by atoms with Gasteiger partial charge in [-0.15, -0.1) is 0 Å². The van der Waals surface area contributed by atoms with Gasteiger partial charge in [-0.2, -0.15) is 0 Å². The van der Waals surface area contributed by atoms with Gasteiger partial charge in [-0.1, -0.05) is 78.2 Å². The molecule has 1 N–H and O–H groups in total. The quantitative estimate of drug-likeness (QED) is 0.330. The molecule has 0 aromatic heterocycles. The van der Waals surface area contributed by atoms with Crippen LogP contribution in [0, 0.1) is 6.92 Å². The van der Waals surface area contributed by atoms with Crippen LogP contribution in [0.5, 0.6) is 0 Å². The highest BCUT2D eigenvalue weighted by molar-refractivity contribution is 7.92. The van der Waals surface area contributed by atoms with Crippen LogP contribution < -0.4 is 9.62 Å². The lowest BCUT2D eigenvalue weighted by Crippen LogP contribution is -2.51. The maximum atomic E-state index is 13.9. The van der Waals surface area contributed by atoms with E-state index in [1.807, 2.05) is 13.8 Å². The smallest absolute Gasteiger partial charge is 0.264 e. The van der Waals surface area contributed by atoms with Crippen molar-refractivity contribution in [3.8, 4) is 0 Å². The number of anilines is 1. The molecule has 7 nitrogen and oxygen atoms in total. The summed E-state index contributed by atoms with van der Waals surface area (Å²) in [6, 6.07) is 18.9. The van der Waals surface area contributed by atoms with Crippen LogP contribution >= 0.6 is 23.2 Å². The Morgan fingerprint density at radius 3 is 2.13 bits per heavy atom. The Morgan fingerprint density at radius 1 is 0.921 bits per heavy atom. The fourth-order valence-electron chi connectivity index (χ4n) is 3.79. The summed E-state index contributed by atoms with van der Waals surface area (Å²) in [7, 11) is -4.19. The second-order valence-electron chi connectivity index (χ2n) is 8.86. The monoisotopic (exact) mass is 575 g/mol. The van der Waals surface area contributed by atoms with Crippen molar-refractivity contribution in [3.05, 3.63) is 94.0 Å². The molecule has 0 aliphatic carbocycles. The molecule has 0 aliphatic heterocycles. The van der Waals surface area contributed by atoms with Gasteiger partial charge in [-0.05, 0) is 56.2 Å². The van der Waals surface area contributed by atoms with Crippen LogP contribution in [0.15, 0.2) is 77.7 Å². The molecule has 0 heterocycles. The van der Waals surface area contributed by atoms with Crippen LogP contribution in [0.25, 0.3) is 0 Å². The molecule has 0 spiro atoms. The molecule has 0 unspecified atom stereocenters. The summed E-state index contributed by atoms with van der Waals surface area (Å²) in [6.45, 7) is 5.27. The van der Waals surface area contributed by atoms with E-state index in [9.17, 15) is 18.0 Å². The van der Waals surface area contributed by atoms with Crippen molar-refractivity contribution in [2.24, 2.45) is 0 Å². The van der Waals surface area contributed by atoms with Crippen LogP contribution in [0.2, 0.25) is 10.0 Å². The largest absolute Gasteiger partial charge is 0.354 e. The fraction of sp³-hybridized carbons (Fsp3) is 0.286. The number of sulfonamides is 1. The van der Waals surface area contributed by atoms with Gasteiger partial charge in [0.25, 0.3) is 10.0 Å². The lowest BCUT2D eigenvalue weighted by Gasteiger charge is -2.32. The van der Waals surface area contributed by atoms with E-state index < -0.39 is 28.5 Å². The number of hydrogen-bond donors (Lipinski definition) is 1. The molecule has 10 heteroatoms. The minimum Gasteiger partial charge on any atom is -0.354 e. The van der Waals surface area contributed by atoms with Crippen LogP contribution in [0.1, 0.15) is 31.4 Å². The number of halogens is 2. The number of benzene rings is 3. The van der Waals surface area contributed by atoms with Crippen molar-refractivity contribution in [1.29, 1.82) is 0 Å². The maximum Gasteiger partial charge on any atom is 0.264 e. The predicted molar refractivity (Wildman–Crippen MR) is 152 cm³/mol. The summed E-state index contributed by atoms with van der Waals surface area (Å²) < 4.78 is 28.6. The third kappa shape index (κ3) is 7.07. The number of carbonyl (C=O) groups is 2. The maximum absolute atomic E-state index is 13.9. The number of nitrogens with one attached hydrogen (secondary N) is 1. The van der Waals surface area contributed by atoms with Crippen molar-refractivity contribution in [3.63, 3.8) is 0 Å². The molecule has 202 valence electrons. The van der Waals surface area contributed by atoms with Gasteiger partial charge in [0.1, 0.15) is 12.6 Å². The molecular formula is C28H31Cl2N3O4S. The zero-order valence-corrected chi connectivity index (χ0v) is 23.9. The van der Waals surface area contributed by atoms with E-state index in [2.05, 4.69) is 5.32 Å². The molecule has 0 bridgehead atoms. The van der Waals surface area contributed by atoms with Crippen molar-refractivity contribution in [2.75, 3.05) is 17.4 Å². The van der Waals surface area contributed by atoms with Gasteiger partial charge >= 0.3 is 0 Å². The summed E-state index contributed by atoms with van der Waals surface area (Å²) >= 11 is 12.8. The molecule has 3 aromatic carbocycles. The normalized spacial score (nSPS) is 12.0. The summed E-state index contributed by atoms with van der Waals surface area (Å²) in [5.41, 5.74) is 1.68. The second kappa shape index (κ2) is 13.1. The number of aryl methyl sites for hydroxylation is 1. The average molecular weight is 577 g/mol. The van der Waals surface area contributed by atoms with Gasteiger partial charge in [-0.25, -0.2) is 8.42 Å². The molecule has 0 saturated carbocycles. The van der Waals surface area contributed by atoms with Gasteiger partial charge in [0.2, 0.25) is 11.8 Å². The van der Waals surface area contributed by atoms with Gasteiger partial charge in [-0.3, -0.25) is 13.9 Å². The number of rotatable bonds is 11. The first-order valence-corrected chi connectivity index (χ1v) is 14.4. The molecule has 0 radical (unpaired) electrons. The van der Waals surface area contributed by atoms with Crippen LogP contribution in [-0.2, 0) is 26.2 Å². The molecule has 3 aromatic rings. The molecule has 0 aliphatic rings. The summed E-state index contributed by atoms with van der Waals surface area (Å²) in [5.74, 6) is -0.933. The number of amides is 2. The van der Waals surface area contributed by atoms with Gasteiger partial charge in [0.15, 0.2) is 0 Å². The lowest BCUT2D eigenvalue weighted by molar-refractivity contribution is -0.139. The summed E-state index contributed by atoms with van der Waals surface area (Å²) in [4.78, 5) is 28.1. The molecule has 38 heavy (non-hydrogen) atoms. The van der Waals surface area contributed by atoms with E-state index in [0.717, 1.165) is 16.3 Å². The molecule has 0 fully saturated rings. The van der Waals surface area contributed by atoms with Crippen LogP contribution in [-0.4, -0.2) is 44.3 Å². The predicted octanol–water partition coefficient (Wildman–Crippen LogP) is 5.44. The standard InChI is InChI=1S/C28H31Cl2N3O4S/c1-4-17-31-28(35)21(3)32(18-22-9-5-6-10-24(22)29)27(34)19-33(26-12-8-7-11-25(26)30)38(36,37)23-15-13-20(2)14-16-23/h5-16,21H,4,17-19H2,1-3H3,(H,31,35)/t21-/m1/s1. The van der Waals surface area contributed by atoms with Gasteiger partial charge < -0.3 is 10.2 Å². The van der Waals surface area contributed by atoms with Crippen molar-refractivity contribution in [1.82, 2.24) is 10.2 Å². The average Bonchev–Trinajstić information content (AvgIpc) is 2.90. The Bertz CT molecular complexity index is 1380. The molecule has 1 atom stereocenters. The molecule has 0 saturated heterocycles. The van der Waals surface area contributed by atoms with E-state index in [-0.39, 0.29) is 28.1 Å². The first-order valence-electron chi connectivity index (χ1n) is 12.2. The highest BCUT2D eigenvalue weighted by Crippen LogP contribution is 2.31.